The zero-order chi connectivity index (χ0) is 26.1. The number of imidazole rings is 1. The number of rotatable bonds is 6. The molecule has 1 saturated carbocycles. The molecule has 2 amide bonds. The van der Waals surface area contributed by atoms with Gasteiger partial charge in [0, 0.05) is 30.3 Å². The first-order valence-electron chi connectivity index (χ1n) is 12.7. The van der Waals surface area contributed by atoms with E-state index in [1.807, 2.05) is 37.3 Å². The van der Waals surface area contributed by atoms with Gasteiger partial charge in [-0.25, -0.2) is 4.79 Å². The van der Waals surface area contributed by atoms with Crippen molar-refractivity contribution in [3.63, 3.8) is 0 Å². The number of fused-ring (bicyclic) bond motifs is 1. The van der Waals surface area contributed by atoms with E-state index in [4.69, 9.17) is 4.74 Å². The number of amides is 2. The summed E-state index contributed by atoms with van der Waals surface area (Å²) in [6.45, 7) is 2.34. The largest absolute Gasteiger partial charge is 0.496 e. The van der Waals surface area contributed by atoms with E-state index < -0.39 is 12.1 Å². The number of nitrogens with zero attached hydrogens (tertiary/aromatic N) is 1. The second kappa shape index (κ2) is 10.4. The Morgan fingerprint density at radius 2 is 1.86 bits per heavy atom. The summed E-state index contributed by atoms with van der Waals surface area (Å²) in [5.74, 6) is 0.336. The number of aromatic amines is 1. The van der Waals surface area contributed by atoms with Crippen molar-refractivity contribution in [1.82, 2.24) is 14.9 Å². The van der Waals surface area contributed by atoms with E-state index in [0.717, 1.165) is 16.8 Å². The number of H-pyrrole nitrogens is 1. The number of hydrogen-bond acceptors (Lipinski definition) is 6. The highest BCUT2D eigenvalue weighted by molar-refractivity contribution is 6.02. The summed E-state index contributed by atoms with van der Waals surface area (Å²) >= 11 is 0. The number of nitrogens with one attached hydrogen (secondary N) is 4. The molecule has 2 fully saturated rings. The number of aliphatic hydroxyl groups excluding tert-OH is 1. The van der Waals surface area contributed by atoms with Crippen molar-refractivity contribution < 1.29 is 19.4 Å². The lowest BCUT2D eigenvalue weighted by Gasteiger charge is -2.28. The van der Waals surface area contributed by atoms with Crippen LogP contribution in [-0.2, 0) is 9.59 Å². The third-order valence-electron chi connectivity index (χ3n) is 7.54. The number of anilines is 2. The van der Waals surface area contributed by atoms with Gasteiger partial charge in [0.1, 0.15) is 5.75 Å². The molecule has 10 nitrogen and oxygen atoms in total. The predicted molar refractivity (Wildman–Crippen MR) is 141 cm³/mol. The maximum absolute atomic E-state index is 13.0. The van der Waals surface area contributed by atoms with Gasteiger partial charge in [0.15, 0.2) is 0 Å². The number of hydrogen-bond donors (Lipinski definition) is 5. The first-order chi connectivity index (χ1) is 17.8. The Kier molecular flexibility index (Phi) is 7.03. The van der Waals surface area contributed by atoms with Gasteiger partial charge >= 0.3 is 5.69 Å². The number of benzene rings is 2. The monoisotopic (exact) mass is 507 g/mol. The number of aryl methyl sites for hydroxylation is 1. The third kappa shape index (κ3) is 5.12. The van der Waals surface area contributed by atoms with Gasteiger partial charge < -0.3 is 30.8 Å². The Morgan fingerprint density at radius 1 is 1.08 bits per heavy atom. The highest BCUT2D eigenvalue weighted by Gasteiger charge is 2.31. The van der Waals surface area contributed by atoms with Crippen molar-refractivity contribution >= 4 is 34.2 Å². The van der Waals surface area contributed by atoms with Crippen molar-refractivity contribution in [3.8, 4) is 5.75 Å². The average molecular weight is 508 g/mol. The predicted octanol–water partition coefficient (Wildman–Crippen LogP) is 2.68. The van der Waals surface area contributed by atoms with Crippen LogP contribution in [0.15, 0.2) is 41.2 Å². The van der Waals surface area contributed by atoms with E-state index in [-0.39, 0.29) is 29.5 Å². The first-order valence-corrected chi connectivity index (χ1v) is 12.7. The van der Waals surface area contributed by atoms with Gasteiger partial charge in [0.25, 0.3) is 0 Å². The summed E-state index contributed by atoms with van der Waals surface area (Å²) in [6, 6.07) is 10.5. The summed E-state index contributed by atoms with van der Waals surface area (Å²) in [7, 11) is 1.61. The molecule has 2 heterocycles. The zero-order valence-electron chi connectivity index (χ0n) is 21.0. The molecule has 1 aliphatic carbocycles. The van der Waals surface area contributed by atoms with E-state index in [2.05, 4.69) is 20.9 Å². The minimum absolute atomic E-state index is 0.0220. The number of carbonyl (C=O) groups excluding carboxylic acids is 2. The number of aromatic nitrogens is 2. The van der Waals surface area contributed by atoms with Gasteiger partial charge in [-0.1, -0.05) is 12.1 Å². The van der Waals surface area contributed by atoms with Gasteiger partial charge in [-0.3, -0.25) is 14.2 Å². The highest BCUT2D eigenvalue weighted by atomic mass is 16.5. The fourth-order valence-corrected chi connectivity index (χ4v) is 5.49. The Balaban J connectivity index is 1.26. The fraction of sp³-hybridized carbons (Fsp3) is 0.444. The van der Waals surface area contributed by atoms with E-state index in [1.54, 1.807) is 17.7 Å². The van der Waals surface area contributed by atoms with Crippen LogP contribution in [0.1, 0.15) is 43.7 Å². The molecule has 2 aromatic carbocycles. The molecule has 5 rings (SSSR count). The van der Waals surface area contributed by atoms with Crippen LogP contribution in [0.4, 0.5) is 11.4 Å². The molecular weight excluding hydrogens is 474 g/mol. The van der Waals surface area contributed by atoms with Crippen LogP contribution in [-0.4, -0.2) is 52.3 Å². The first kappa shape index (κ1) is 25.0. The summed E-state index contributed by atoms with van der Waals surface area (Å²) in [6.07, 6.45) is 2.55. The van der Waals surface area contributed by atoms with Crippen LogP contribution < -0.4 is 26.4 Å². The Bertz CT molecular complexity index is 1370. The van der Waals surface area contributed by atoms with Crippen LogP contribution in [0, 0.1) is 12.8 Å². The quantitative estimate of drug-likeness (QED) is 0.348. The number of aliphatic hydroxyl groups is 1. The lowest BCUT2D eigenvalue weighted by molar-refractivity contribution is -0.121. The number of methoxy groups -OCH3 is 1. The molecule has 3 aromatic rings. The molecule has 10 heteroatoms. The minimum Gasteiger partial charge on any atom is -0.496 e. The molecule has 1 saturated heterocycles. The van der Waals surface area contributed by atoms with Crippen molar-refractivity contribution in [3.05, 3.63) is 52.4 Å². The second-order valence-corrected chi connectivity index (χ2v) is 10.0. The van der Waals surface area contributed by atoms with Gasteiger partial charge in [0.2, 0.25) is 11.8 Å². The molecular formula is C27H33N5O5. The molecule has 0 bridgehead atoms. The van der Waals surface area contributed by atoms with Gasteiger partial charge in [-0.2, -0.15) is 0 Å². The van der Waals surface area contributed by atoms with Crippen LogP contribution >= 0.6 is 0 Å². The number of β-amino-alcohol motifs (C(OH)–C–C–N with tert-alkyl or cyclic N) is 1. The SMILES string of the molecule is COc1cc(NC(=O)C2CCC(n3c(=O)[nH]c4c(NC(=O)C5C[C@@H](O)CN5)cccc43)CC2)ccc1C. The van der Waals surface area contributed by atoms with Gasteiger partial charge in [0.05, 0.1) is 36.0 Å². The molecule has 1 aliphatic heterocycles. The number of ether oxygens (including phenoxy) is 1. The van der Waals surface area contributed by atoms with Gasteiger partial charge in [-0.05, 0) is 62.8 Å². The molecule has 2 atom stereocenters. The average Bonchev–Trinajstić information content (AvgIpc) is 3.48. The number of para-hydroxylation sites is 1. The lowest BCUT2D eigenvalue weighted by atomic mass is 9.85. The molecule has 5 N–H and O–H groups in total. The maximum Gasteiger partial charge on any atom is 0.326 e. The van der Waals surface area contributed by atoms with Crippen molar-refractivity contribution in [2.24, 2.45) is 5.92 Å². The Labute approximate surface area is 214 Å². The van der Waals surface area contributed by atoms with Crippen molar-refractivity contribution in [2.75, 3.05) is 24.3 Å². The van der Waals surface area contributed by atoms with E-state index in [9.17, 15) is 19.5 Å². The van der Waals surface area contributed by atoms with Crippen molar-refractivity contribution in [2.45, 2.75) is 57.2 Å². The lowest BCUT2D eigenvalue weighted by Crippen LogP contribution is -2.35. The van der Waals surface area contributed by atoms with Crippen LogP contribution in [0.2, 0.25) is 0 Å². The van der Waals surface area contributed by atoms with Crippen LogP contribution in [0.25, 0.3) is 11.0 Å². The Hall–Kier alpha value is -3.63. The summed E-state index contributed by atoms with van der Waals surface area (Å²) < 4.78 is 7.10. The van der Waals surface area contributed by atoms with Crippen LogP contribution in [0.5, 0.6) is 5.75 Å². The molecule has 37 heavy (non-hydrogen) atoms. The summed E-state index contributed by atoms with van der Waals surface area (Å²) in [5.41, 5.74) is 3.31. The normalized spacial score (nSPS) is 23.6. The second-order valence-electron chi connectivity index (χ2n) is 10.0. The van der Waals surface area contributed by atoms with Gasteiger partial charge in [-0.15, -0.1) is 0 Å². The summed E-state index contributed by atoms with van der Waals surface area (Å²) in [4.78, 5) is 41.5. The molecule has 2 aliphatic rings. The van der Waals surface area contributed by atoms with E-state index in [0.29, 0.717) is 55.5 Å². The van der Waals surface area contributed by atoms with Crippen LogP contribution in [0.3, 0.4) is 0 Å². The minimum atomic E-state index is -0.538. The fourth-order valence-electron chi connectivity index (χ4n) is 5.49. The maximum atomic E-state index is 13.0. The standard InChI is InChI=1S/C27H33N5O5/c1-15-6-9-17(12-23(15)37-2)29-25(34)16-7-10-18(11-8-16)32-22-5-3-4-20(24(22)31-27(32)36)30-26(35)21-13-19(33)14-28-21/h3-6,9,12,16,18-19,21,28,33H,7-8,10-11,13-14H2,1-2H3,(H,29,34)(H,30,35)(H,31,36)/t16?,18?,19-,21?/m1/s1. The molecule has 0 spiro atoms. The smallest absolute Gasteiger partial charge is 0.326 e. The molecule has 1 unspecified atom stereocenters. The summed E-state index contributed by atoms with van der Waals surface area (Å²) in [5, 5.41) is 18.6. The molecule has 1 aromatic heterocycles. The highest BCUT2D eigenvalue weighted by Crippen LogP contribution is 2.35. The topological polar surface area (TPSA) is 137 Å². The van der Waals surface area contributed by atoms with E-state index >= 15 is 0 Å². The number of carbonyl (C=O) groups is 2. The zero-order valence-corrected chi connectivity index (χ0v) is 21.0. The third-order valence-corrected chi connectivity index (χ3v) is 7.54. The molecule has 196 valence electrons. The van der Waals surface area contributed by atoms with E-state index in [1.165, 1.54) is 0 Å². The molecule has 0 radical (unpaired) electrons. The van der Waals surface area contributed by atoms with Crippen molar-refractivity contribution in [1.29, 1.82) is 0 Å². The Morgan fingerprint density at radius 3 is 2.57 bits per heavy atom.